The average Bonchev–Trinajstić information content (AvgIpc) is 2.89. The van der Waals surface area contributed by atoms with Crippen molar-refractivity contribution in [3.05, 3.63) is 65.5 Å². The van der Waals surface area contributed by atoms with E-state index in [1.807, 2.05) is 6.07 Å². The molecule has 0 bridgehead atoms. The highest BCUT2D eigenvalue weighted by molar-refractivity contribution is 6.01. The minimum atomic E-state index is -0.220. The highest BCUT2D eigenvalue weighted by atomic mass is 19.1. The molecule has 3 rings (SSSR count). The van der Waals surface area contributed by atoms with Crippen LogP contribution < -0.4 is 5.43 Å². The summed E-state index contributed by atoms with van der Waals surface area (Å²) in [5.74, 6) is 0.00289. The monoisotopic (exact) mass is 256 g/mol. The van der Waals surface area contributed by atoms with E-state index in [-0.39, 0.29) is 17.6 Å². The first-order valence-corrected chi connectivity index (χ1v) is 6.10. The van der Waals surface area contributed by atoms with Gasteiger partial charge < -0.3 is 10.5 Å². The summed E-state index contributed by atoms with van der Waals surface area (Å²) < 4.78 is 13.7. The summed E-state index contributed by atoms with van der Waals surface area (Å²) in [6.45, 7) is 0. The fourth-order valence-corrected chi connectivity index (χ4v) is 2.21. The summed E-state index contributed by atoms with van der Waals surface area (Å²) >= 11 is 0. The highest BCUT2D eigenvalue weighted by Crippen LogP contribution is 2.26. The van der Waals surface area contributed by atoms with Gasteiger partial charge in [-0.15, -0.1) is 0 Å². The first-order valence-electron chi connectivity index (χ1n) is 6.10. The minimum Gasteiger partial charge on any atom is -0.508 e. The fraction of sp³-hybridized carbons (Fsp3) is 0.133. The van der Waals surface area contributed by atoms with Gasteiger partial charge in [-0.05, 0) is 35.9 Å². The number of benzene rings is 2. The summed E-state index contributed by atoms with van der Waals surface area (Å²) in [6, 6.07) is 13.4. The SMILES string of the molecule is Oc1ccc(C2=NNC(c3ccccc3F)C2)cc1. The van der Waals surface area contributed by atoms with Crippen molar-refractivity contribution >= 4 is 5.71 Å². The normalized spacial score (nSPS) is 17.9. The standard InChI is InChI=1S/C15H13FN2O/c16-13-4-2-1-3-12(13)15-9-14(17-18-15)10-5-7-11(19)8-6-10/h1-8,15,18-19H,9H2. The van der Waals surface area contributed by atoms with Crippen LogP contribution in [0.1, 0.15) is 23.6 Å². The van der Waals surface area contributed by atoms with Crippen molar-refractivity contribution in [2.75, 3.05) is 0 Å². The zero-order valence-electron chi connectivity index (χ0n) is 10.2. The number of aromatic hydroxyl groups is 1. The van der Waals surface area contributed by atoms with E-state index in [1.54, 1.807) is 36.4 Å². The lowest BCUT2D eigenvalue weighted by molar-refractivity contribution is 0.475. The van der Waals surface area contributed by atoms with Crippen LogP contribution in [0.4, 0.5) is 4.39 Å². The summed E-state index contributed by atoms with van der Waals surface area (Å²) in [5.41, 5.74) is 5.39. The molecule has 1 heterocycles. The number of hydrazone groups is 1. The Morgan fingerprint density at radius 2 is 1.84 bits per heavy atom. The van der Waals surface area contributed by atoms with Crippen molar-refractivity contribution in [2.24, 2.45) is 5.10 Å². The molecule has 3 nitrogen and oxygen atoms in total. The first kappa shape index (κ1) is 11.7. The molecule has 1 atom stereocenters. The van der Waals surface area contributed by atoms with Crippen LogP contribution in [-0.4, -0.2) is 10.8 Å². The predicted molar refractivity (Wildman–Crippen MR) is 71.5 cm³/mol. The molecule has 0 radical (unpaired) electrons. The molecule has 0 saturated carbocycles. The van der Waals surface area contributed by atoms with Crippen LogP contribution in [0.25, 0.3) is 0 Å². The maximum Gasteiger partial charge on any atom is 0.128 e. The molecule has 4 heteroatoms. The van der Waals surface area contributed by atoms with Gasteiger partial charge >= 0.3 is 0 Å². The fourth-order valence-electron chi connectivity index (χ4n) is 2.21. The van der Waals surface area contributed by atoms with Gasteiger partial charge in [0.1, 0.15) is 11.6 Å². The van der Waals surface area contributed by atoms with Crippen LogP contribution in [-0.2, 0) is 0 Å². The van der Waals surface area contributed by atoms with Crippen molar-refractivity contribution in [1.82, 2.24) is 5.43 Å². The van der Waals surface area contributed by atoms with E-state index < -0.39 is 0 Å². The molecule has 0 aliphatic carbocycles. The lowest BCUT2D eigenvalue weighted by Crippen LogP contribution is -2.11. The predicted octanol–water partition coefficient (Wildman–Crippen LogP) is 2.97. The van der Waals surface area contributed by atoms with Crippen LogP contribution in [0.3, 0.4) is 0 Å². The largest absolute Gasteiger partial charge is 0.508 e. The van der Waals surface area contributed by atoms with E-state index in [0.717, 1.165) is 11.3 Å². The van der Waals surface area contributed by atoms with E-state index in [1.165, 1.54) is 6.07 Å². The molecule has 1 aliphatic heterocycles. The lowest BCUT2D eigenvalue weighted by Gasteiger charge is -2.10. The van der Waals surface area contributed by atoms with Crippen LogP contribution in [0.2, 0.25) is 0 Å². The van der Waals surface area contributed by atoms with Crippen molar-refractivity contribution in [1.29, 1.82) is 0 Å². The molecule has 19 heavy (non-hydrogen) atoms. The second-order valence-electron chi connectivity index (χ2n) is 4.51. The van der Waals surface area contributed by atoms with Crippen LogP contribution >= 0.6 is 0 Å². The zero-order valence-corrected chi connectivity index (χ0v) is 10.2. The second-order valence-corrected chi connectivity index (χ2v) is 4.51. The van der Waals surface area contributed by atoms with Gasteiger partial charge in [-0.3, -0.25) is 0 Å². The van der Waals surface area contributed by atoms with Crippen molar-refractivity contribution in [3.63, 3.8) is 0 Å². The molecule has 0 fully saturated rings. The molecule has 1 unspecified atom stereocenters. The second kappa shape index (κ2) is 4.72. The first-order chi connectivity index (χ1) is 9.24. The zero-order chi connectivity index (χ0) is 13.2. The molecule has 0 spiro atoms. The smallest absolute Gasteiger partial charge is 0.128 e. The molecular weight excluding hydrogens is 243 g/mol. The lowest BCUT2D eigenvalue weighted by atomic mass is 9.99. The summed E-state index contributed by atoms with van der Waals surface area (Å²) in [5, 5.41) is 13.5. The number of phenols is 1. The Bertz CT molecular complexity index is 622. The topological polar surface area (TPSA) is 44.6 Å². The molecule has 1 aliphatic rings. The van der Waals surface area contributed by atoms with Gasteiger partial charge in [0.25, 0.3) is 0 Å². The Morgan fingerprint density at radius 3 is 2.58 bits per heavy atom. The van der Waals surface area contributed by atoms with Crippen molar-refractivity contribution < 1.29 is 9.50 Å². The molecule has 2 N–H and O–H groups in total. The Morgan fingerprint density at radius 1 is 1.11 bits per heavy atom. The Kier molecular flexibility index (Phi) is 2.91. The number of phenolic OH excluding ortho intramolecular Hbond substituents is 1. The molecule has 0 aromatic heterocycles. The minimum absolute atomic E-state index is 0.134. The van der Waals surface area contributed by atoms with Gasteiger partial charge in [0.15, 0.2) is 0 Å². The highest BCUT2D eigenvalue weighted by Gasteiger charge is 2.23. The summed E-state index contributed by atoms with van der Waals surface area (Å²) in [7, 11) is 0. The maximum absolute atomic E-state index is 13.7. The van der Waals surface area contributed by atoms with E-state index >= 15 is 0 Å². The quantitative estimate of drug-likeness (QED) is 0.867. The third kappa shape index (κ3) is 2.29. The third-order valence-electron chi connectivity index (χ3n) is 3.23. The average molecular weight is 256 g/mol. The summed E-state index contributed by atoms with van der Waals surface area (Å²) in [4.78, 5) is 0. The Hall–Kier alpha value is -2.36. The molecule has 2 aromatic carbocycles. The molecule has 0 saturated heterocycles. The van der Waals surface area contributed by atoms with E-state index in [4.69, 9.17) is 0 Å². The van der Waals surface area contributed by atoms with Crippen LogP contribution in [0.5, 0.6) is 5.75 Å². The van der Waals surface area contributed by atoms with Gasteiger partial charge in [-0.2, -0.15) is 5.10 Å². The molecule has 2 aromatic rings. The van der Waals surface area contributed by atoms with Crippen molar-refractivity contribution in [2.45, 2.75) is 12.5 Å². The number of hydrogen-bond acceptors (Lipinski definition) is 3. The maximum atomic E-state index is 13.7. The van der Waals surface area contributed by atoms with E-state index in [2.05, 4.69) is 10.5 Å². The van der Waals surface area contributed by atoms with Gasteiger partial charge in [-0.1, -0.05) is 18.2 Å². The van der Waals surface area contributed by atoms with Crippen molar-refractivity contribution in [3.8, 4) is 5.75 Å². The summed E-state index contributed by atoms with van der Waals surface area (Å²) in [6.07, 6.45) is 0.631. The van der Waals surface area contributed by atoms with E-state index in [0.29, 0.717) is 12.0 Å². The van der Waals surface area contributed by atoms with Gasteiger partial charge in [0.2, 0.25) is 0 Å². The molecule has 96 valence electrons. The molecular formula is C15H13FN2O. The number of halogens is 1. The third-order valence-corrected chi connectivity index (χ3v) is 3.23. The van der Waals surface area contributed by atoms with Gasteiger partial charge in [0.05, 0.1) is 11.8 Å². The Balaban J connectivity index is 1.80. The number of rotatable bonds is 2. The van der Waals surface area contributed by atoms with Crippen LogP contribution in [0.15, 0.2) is 53.6 Å². The number of nitrogens with one attached hydrogen (secondary N) is 1. The van der Waals surface area contributed by atoms with Crippen LogP contribution in [0, 0.1) is 5.82 Å². The molecule has 0 amide bonds. The van der Waals surface area contributed by atoms with Gasteiger partial charge in [0, 0.05) is 12.0 Å². The Labute approximate surface area is 110 Å². The number of hydrogen-bond donors (Lipinski definition) is 2. The van der Waals surface area contributed by atoms with Gasteiger partial charge in [-0.25, -0.2) is 4.39 Å². The van der Waals surface area contributed by atoms with E-state index in [9.17, 15) is 9.50 Å². The number of nitrogens with zero attached hydrogens (tertiary/aromatic N) is 1.